The second-order valence-electron chi connectivity index (χ2n) is 2.80. The predicted molar refractivity (Wildman–Crippen MR) is 53.5 cm³/mol. The van der Waals surface area contributed by atoms with Gasteiger partial charge in [-0.2, -0.15) is 0 Å². The molecule has 0 aliphatic heterocycles. The molecule has 0 aliphatic rings. The molecule has 0 bridgehead atoms. The van der Waals surface area contributed by atoms with Crippen LogP contribution in [-0.4, -0.2) is 12.1 Å². The number of ketones is 1. The summed E-state index contributed by atoms with van der Waals surface area (Å²) in [5.74, 6) is -0.488. The number of hydrogen-bond donors (Lipinski definition) is 0. The second-order valence-corrected chi connectivity index (χ2v) is 2.80. The third-order valence-corrected chi connectivity index (χ3v) is 1.60. The van der Waals surface area contributed by atoms with Gasteiger partial charge in [-0.1, -0.05) is 38.0 Å². The molecular formula is C11H16O2. The van der Waals surface area contributed by atoms with Gasteiger partial charge in [0, 0.05) is 0 Å². The second kappa shape index (κ2) is 8.91. The Morgan fingerprint density at radius 1 is 1.23 bits per heavy atom. The maximum atomic E-state index is 10.5. The molecule has 13 heavy (non-hydrogen) atoms. The Morgan fingerprint density at radius 3 is 2.62 bits per heavy atom. The van der Waals surface area contributed by atoms with Gasteiger partial charge in [0.15, 0.2) is 6.29 Å². The monoisotopic (exact) mass is 180 g/mol. The van der Waals surface area contributed by atoms with Crippen LogP contribution in [0.2, 0.25) is 0 Å². The molecule has 0 rings (SSSR count). The minimum Gasteiger partial charge on any atom is -0.294 e. The molecule has 0 saturated carbocycles. The van der Waals surface area contributed by atoms with E-state index in [2.05, 4.69) is 6.92 Å². The summed E-state index contributed by atoms with van der Waals surface area (Å²) in [5.41, 5.74) is 0. The van der Waals surface area contributed by atoms with Gasteiger partial charge >= 0.3 is 0 Å². The maximum Gasteiger partial charge on any atom is 0.218 e. The van der Waals surface area contributed by atoms with Gasteiger partial charge < -0.3 is 0 Å². The van der Waals surface area contributed by atoms with Crippen molar-refractivity contribution in [1.82, 2.24) is 0 Å². The molecule has 2 nitrogen and oxygen atoms in total. The minimum absolute atomic E-state index is 0.307. The lowest BCUT2D eigenvalue weighted by Gasteiger charge is -1.89. The summed E-state index contributed by atoms with van der Waals surface area (Å²) >= 11 is 0. The van der Waals surface area contributed by atoms with Crippen LogP contribution in [0.15, 0.2) is 24.3 Å². The highest BCUT2D eigenvalue weighted by Gasteiger charge is 1.86. The summed E-state index contributed by atoms with van der Waals surface area (Å²) in [6.45, 7) is 2.16. The highest BCUT2D eigenvalue weighted by atomic mass is 16.2. The predicted octanol–water partition coefficient (Wildman–Crippen LogP) is 2.45. The largest absolute Gasteiger partial charge is 0.294 e. The lowest BCUT2D eigenvalue weighted by Crippen LogP contribution is -1.90. The van der Waals surface area contributed by atoms with Crippen molar-refractivity contribution in [2.24, 2.45) is 0 Å². The first-order valence-corrected chi connectivity index (χ1v) is 4.63. The van der Waals surface area contributed by atoms with E-state index in [9.17, 15) is 9.59 Å². The van der Waals surface area contributed by atoms with Crippen LogP contribution in [0.4, 0.5) is 0 Å². The fourth-order valence-corrected chi connectivity index (χ4v) is 0.877. The van der Waals surface area contributed by atoms with E-state index in [0.717, 1.165) is 6.42 Å². The minimum atomic E-state index is -0.488. The van der Waals surface area contributed by atoms with Crippen LogP contribution in [0.5, 0.6) is 0 Å². The van der Waals surface area contributed by atoms with E-state index in [1.807, 2.05) is 6.08 Å². The molecule has 0 fully saturated rings. The quantitative estimate of drug-likeness (QED) is 0.198. The lowest BCUT2D eigenvalue weighted by molar-refractivity contribution is -0.126. The Labute approximate surface area is 79.3 Å². The molecule has 0 aromatic carbocycles. The molecule has 0 aliphatic carbocycles. The topological polar surface area (TPSA) is 34.1 Å². The number of carbonyl (C=O) groups excluding carboxylic acids is 2. The summed E-state index contributed by atoms with van der Waals surface area (Å²) < 4.78 is 0. The third-order valence-electron chi connectivity index (χ3n) is 1.60. The molecule has 0 spiro atoms. The molecule has 0 aromatic rings. The van der Waals surface area contributed by atoms with E-state index >= 15 is 0 Å². The van der Waals surface area contributed by atoms with Gasteiger partial charge in [0.2, 0.25) is 5.78 Å². The molecule has 0 atom stereocenters. The van der Waals surface area contributed by atoms with Crippen molar-refractivity contribution in [1.29, 1.82) is 0 Å². The van der Waals surface area contributed by atoms with Gasteiger partial charge in [-0.3, -0.25) is 9.59 Å². The van der Waals surface area contributed by atoms with Crippen molar-refractivity contribution in [3.63, 3.8) is 0 Å². The molecule has 0 N–H and O–H groups in total. The van der Waals surface area contributed by atoms with Gasteiger partial charge in [0.1, 0.15) is 0 Å². The van der Waals surface area contributed by atoms with Gasteiger partial charge in [-0.15, -0.1) is 0 Å². The smallest absolute Gasteiger partial charge is 0.218 e. The summed E-state index contributed by atoms with van der Waals surface area (Å²) in [7, 11) is 0. The van der Waals surface area contributed by atoms with Crippen molar-refractivity contribution in [3.8, 4) is 0 Å². The van der Waals surface area contributed by atoms with Crippen LogP contribution in [0, 0.1) is 0 Å². The van der Waals surface area contributed by atoms with E-state index in [0.29, 0.717) is 6.29 Å². The number of hydrogen-bond acceptors (Lipinski definition) is 2. The molecule has 72 valence electrons. The Bertz CT molecular complexity index is 202. The summed E-state index contributed by atoms with van der Waals surface area (Å²) in [6.07, 6.45) is 11.7. The molecule has 2 heteroatoms. The van der Waals surface area contributed by atoms with E-state index < -0.39 is 5.78 Å². The summed E-state index contributed by atoms with van der Waals surface area (Å²) in [6, 6.07) is 0. The number of unbranched alkanes of at least 4 members (excludes halogenated alkanes) is 3. The zero-order valence-electron chi connectivity index (χ0n) is 8.03. The van der Waals surface area contributed by atoms with Crippen LogP contribution < -0.4 is 0 Å². The van der Waals surface area contributed by atoms with Gasteiger partial charge in [0.05, 0.1) is 0 Å². The normalized spacial score (nSPS) is 11.2. The molecule has 0 aromatic heterocycles. The van der Waals surface area contributed by atoms with E-state index in [4.69, 9.17) is 0 Å². The number of allylic oxidation sites excluding steroid dienone is 4. The lowest BCUT2D eigenvalue weighted by atomic mass is 10.2. The zero-order chi connectivity index (χ0) is 9.94. The Kier molecular flexibility index (Phi) is 8.10. The van der Waals surface area contributed by atoms with Crippen LogP contribution >= 0.6 is 0 Å². The van der Waals surface area contributed by atoms with Crippen molar-refractivity contribution < 1.29 is 9.59 Å². The average Bonchev–Trinajstić information content (AvgIpc) is 2.16. The van der Waals surface area contributed by atoms with Crippen LogP contribution in [0.3, 0.4) is 0 Å². The first-order chi connectivity index (χ1) is 6.31. The van der Waals surface area contributed by atoms with Crippen molar-refractivity contribution in [3.05, 3.63) is 24.3 Å². The first-order valence-electron chi connectivity index (χ1n) is 4.63. The maximum absolute atomic E-state index is 10.5. The zero-order valence-corrected chi connectivity index (χ0v) is 8.03. The average molecular weight is 180 g/mol. The van der Waals surface area contributed by atoms with Crippen molar-refractivity contribution in [2.45, 2.75) is 32.6 Å². The Hall–Kier alpha value is -1.18. The molecule has 0 amide bonds. The van der Waals surface area contributed by atoms with Gasteiger partial charge in [-0.25, -0.2) is 0 Å². The summed E-state index contributed by atoms with van der Waals surface area (Å²) in [4.78, 5) is 20.3. The highest BCUT2D eigenvalue weighted by molar-refractivity contribution is 6.30. The number of carbonyl (C=O) groups is 2. The Balaban J connectivity index is 3.45. The molecule has 0 unspecified atom stereocenters. The van der Waals surface area contributed by atoms with Crippen LogP contribution in [0.25, 0.3) is 0 Å². The first kappa shape index (κ1) is 11.8. The van der Waals surface area contributed by atoms with Crippen molar-refractivity contribution in [2.75, 3.05) is 0 Å². The van der Waals surface area contributed by atoms with Crippen LogP contribution in [0.1, 0.15) is 32.6 Å². The van der Waals surface area contributed by atoms with E-state index in [1.54, 1.807) is 12.2 Å². The number of rotatable bonds is 7. The highest BCUT2D eigenvalue weighted by Crippen LogP contribution is 1.99. The Morgan fingerprint density at radius 2 is 2.00 bits per heavy atom. The fourth-order valence-electron chi connectivity index (χ4n) is 0.877. The van der Waals surface area contributed by atoms with E-state index in [-0.39, 0.29) is 0 Å². The molecule has 0 saturated heterocycles. The van der Waals surface area contributed by atoms with E-state index in [1.165, 1.54) is 25.3 Å². The van der Waals surface area contributed by atoms with Crippen LogP contribution in [-0.2, 0) is 9.59 Å². The molecule has 0 radical (unpaired) electrons. The molecular weight excluding hydrogens is 164 g/mol. The summed E-state index contributed by atoms with van der Waals surface area (Å²) in [5, 5.41) is 0. The third kappa shape index (κ3) is 8.73. The van der Waals surface area contributed by atoms with Gasteiger partial charge in [0.25, 0.3) is 0 Å². The fraction of sp³-hybridized carbons (Fsp3) is 0.455. The SMILES string of the molecule is CCCCCC=CC=CC(=O)C=O. The molecule has 0 heterocycles. The standard InChI is InChI=1S/C11H16O2/c1-2-3-4-5-6-7-8-9-11(13)10-12/h6-10H,2-5H2,1H3. The van der Waals surface area contributed by atoms with Gasteiger partial charge in [-0.05, 0) is 18.9 Å². The van der Waals surface area contributed by atoms with Crippen molar-refractivity contribution >= 4 is 12.1 Å². The number of aldehydes is 1.